The Hall–Kier alpha value is -3.68. The molecule has 1 saturated heterocycles. The minimum absolute atomic E-state index is 0.00416. The predicted molar refractivity (Wildman–Crippen MR) is 150 cm³/mol. The molecule has 2 heterocycles. The van der Waals surface area contributed by atoms with Gasteiger partial charge in [0, 0.05) is 36.8 Å². The number of aromatic nitrogens is 2. The van der Waals surface area contributed by atoms with Crippen molar-refractivity contribution in [3.63, 3.8) is 0 Å². The maximum atomic E-state index is 13.8. The highest BCUT2D eigenvalue weighted by Gasteiger charge is 2.30. The number of rotatable bonds is 7. The van der Waals surface area contributed by atoms with Crippen LogP contribution in [-0.4, -0.2) is 58.0 Å². The summed E-state index contributed by atoms with van der Waals surface area (Å²) in [5.74, 6) is 1.47. The van der Waals surface area contributed by atoms with E-state index in [0.29, 0.717) is 60.1 Å². The van der Waals surface area contributed by atoms with E-state index < -0.39 is 0 Å². The highest BCUT2D eigenvalue weighted by atomic mass is 35.5. The first kappa shape index (κ1) is 25.9. The fraction of sp³-hybridized carbons (Fsp3) is 0.300. The number of para-hydroxylation sites is 1. The average Bonchev–Trinajstić information content (AvgIpc) is 2.95. The third-order valence-corrected chi connectivity index (χ3v) is 7.28. The second-order valence-electron chi connectivity index (χ2n) is 9.31. The van der Waals surface area contributed by atoms with E-state index in [1.807, 2.05) is 60.4 Å². The molecule has 1 unspecified atom stereocenters. The largest absolute Gasteiger partial charge is 0.494 e. The van der Waals surface area contributed by atoms with Gasteiger partial charge < -0.3 is 9.64 Å². The summed E-state index contributed by atoms with van der Waals surface area (Å²) in [6.07, 6.45) is 0.771. The number of ether oxygens (including phenoxy) is 1. The Morgan fingerprint density at radius 2 is 1.63 bits per heavy atom. The van der Waals surface area contributed by atoms with Gasteiger partial charge in [-0.1, -0.05) is 30.7 Å². The first-order chi connectivity index (χ1) is 18.5. The number of amides is 1. The Kier molecular flexibility index (Phi) is 7.77. The number of carbonyl (C=O) groups is 1. The van der Waals surface area contributed by atoms with Gasteiger partial charge in [-0.2, -0.15) is 0 Å². The molecule has 1 aliphatic rings. The fourth-order valence-electron chi connectivity index (χ4n) is 5.10. The lowest BCUT2D eigenvalue weighted by Crippen LogP contribution is -2.50. The molecular formula is C30H31ClN4O3. The summed E-state index contributed by atoms with van der Waals surface area (Å²) < 4.78 is 7.34. The Bertz CT molecular complexity index is 1480. The van der Waals surface area contributed by atoms with Crippen LogP contribution in [0.4, 0.5) is 0 Å². The highest BCUT2D eigenvalue weighted by molar-refractivity contribution is 6.30. The van der Waals surface area contributed by atoms with E-state index in [9.17, 15) is 9.59 Å². The van der Waals surface area contributed by atoms with Crippen LogP contribution < -0.4 is 10.3 Å². The standard InChI is InChI=1S/C30H31ClN4O3/c1-3-27(33-17-19-34(20-18-33)29(36)21-9-11-22(31)12-10-21)28-32-26-8-6-5-7-25(26)30(37)35(28)23-13-15-24(16-14-23)38-4-2/h5-16,27H,3-4,17-20H2,1-2H3. The number of piperazine rings is 1. The Morgan fingerprint density at radius 1 is 0.947 bits per heavy atom. The lowest BCUT2D eigenvalue weighted by atomic mass is 10.1. The van der Waals surface area contributed by atoms with E-state index in [1.54, 1.807) is 28.8 Å². The Morgan fingerprint density at radius 3 is 2.29 bits per heavy atom. The zero-order valence-corrected chi connectivity index (χ0v) is 22.4. The molecule has 3 aromatic carbocycles. The molecule has 0 bridgehead atoms. The zero-order valence-electron chi connectivity index (χ0n) is 21.6. The van der Waals surface area contributed by atoms with Gasteiger partial charge in [-0.3, -0.25) is 19.1 Å². The normalized spacial score (nSPS) is 15.0. The SMILES string of the molecule is CCOc1ccc(-n2c(C(CC)N3CCN(C(=O)c4ccc(Cl)cc4)CC3)nc3ccccc3c2=O)cc1. The van der Waals surface area contributed by atoms with Gasteiger partial charge in [0.1, 0.15) is 11.6 Å². The summed E-state index contributed by atoms with van der Waals surface area (Å²) >= 11 is 5.99. The third-order valence-electron chi connectivity index (χ3n) is 7.03. The third kappa shape index (κ3) is 5.17. The maximum absolute atomic E-state index is 13.8. The second-order valence-corrected chi connectivity index (χ2v) is 9.75. The first-order valence-corrected chi connectivity index (χ1v) is 13.4. The number of benzene rings is 3. The van der Waals surface area contributed by atoms with Gasteiger partial charge in [0.2, 0.25) is 0 Å². The van der Waals surface area contributed by atoms with E-state index in [4.69, 9.17) is 21.3 Å². The van der Waals surface area contributed by atoms with Crippen LogP contribution in [0, 0.1) is 0 Å². The quantitative estimate of drug-likeness (QED) is 0.322. The van der Waals surface area contributed by atoms with Gasteiger partial charge in [-0.05, 0) is 74.0 Å². The summed E-state index contributed by atoms with van der Waals surface area (Å²) in [5, 5.41) is 1.19. The molecule has 0 aliphatic carbocycles. The molecule has 1 amide bonds. The maximum Gasteiger partial charge on any atom is 0.266 e. The monoisotopic (exact) mass is 530 g/mol. The van der Waals surface area contributed by atoms with Crippen LogP contribution in [0.25, 0.3) is 16.6 Å². The van der Waals surface area contributed by atoms with Crippen molar-refractivity contribution in [1.29, 1.82) is 0 Å². The van der Waals surface area contributed by atoms with Crippen molar-refractivity contribution >= 4 is 28.4 Å². The number of nitrogens with zero attached hydrogens (tertiary/aromatic N) is 4. The van der Waals surface area contributed by atoms with Gasteiger partial charge in [0.15, 0.2) is 0 Å². The summed E-state index contributed by atoms with van der Waals surface area (Å²) in [6.45, 7) is 7.19. The van der Waals surface area contributed by atoms with Gasteiger partial charge in [-0.15, -0.1) is 0 Å². The van der Waals surface area contributed by atoms with Crippen LogP contribution in [0.5, 0.6) is 5.75 Å². The average molecular weight is 531 g/mol. The van der Waals surface area contributed by atoms with Crippen molar-refractivity contribution in [1.82, 2.24) is 19.4 Å². The van der Waals surface area contributed by atoms with Crippen LogP contribution in [0.1, 0.15) is 42.5 Å². The van der Waals surface area contributed by atoms with Crippen LogP contribution in [0.2, 0.25) is 5.02 Å². The number of fused-ring (bicyclic) bond motifs is 1. The molecule has 0 radical (unpaired) electrons. The van der Waals surface area contributed by atoms with Crippen LogP contribution in [0.3, 0.4) is 0 Å². The van der Waals surface area contributed by atoms with Crippen LogP contribution >= 0.6 is 11.6 Å². The van der Waals surface area contributed by atoms with Crippen LogP contribution in [0.15, 0.2) is 77.6 Å². The molecule has 0 spiro atoms. The van der Waals surface area contributed by atoms with Crippen molar-refractivity contribution in [3.8, 4) is 11.4 Å². The van der Waals surface area contributed by atoms with Gasteiger partial charge >= 0.3 is 0 Å². The molecular weight excluding hydrogens is 500 g/mol. The second kappa shape index (κ2) is 11.4. The molecule has 38 heavy (non-hydrogen) atoms. The molecule has 1 fully saturated rings. The van der Waals surface area contributed by atoms with E-state index in [1.165, 1.54) is 0 Å². The summed E-state index contributed by atoms with van der Waals surface area (Å²) in [7, 11) is 0. The molecule has 0 saturated carbocycles. The number of carbonyl (C=O) groups excluding carboxylic acids is 1. The van der Waals surface area contributed by atoms with Crippen molar-refractivity contribution in [2.45, 2.75) is 26.3 Å². The smallest absolute Gasteiger partial charge is 0.266 e. The minimum atomic E-state index is -0.0928. The Balaban J connectivity index is 1.46. The minimum Gasteiger partial charge on any atom is -0.494 e. The van der Waals surface area contributed by atoms with Crippen molar-refractivity contribution in [2.24, 2.45) is 0 Å². The fourth-order valence-corrected chi connectivity index (χ4v) is 5.22. The van der Waals surface area contributed by atoms with E-state index in [-0.39, 0.29) is 17.5 Å². The van der Waals surface area contributed by atoms with Gasteiger partial charge in [0.05, 0.1) is 29.2 Å². The molecule has 196 valence electrons. The number of hydrogen-bond acceptors (Lipinski definition) is 5. The summed E-state index contributed by atoms with van der Waals surface area (Å²) in [4.78, 5) is 36.1. The molecule has 8 heteroatoms. The molecule has 1 aliphatic heterocycles. The topological polar surface area (TPSA) is 67.7 Å². The molecule has 0 N–H and O–H groups in total. The van der Waals surface area contributed by atoms with Crippen molar-refractivity contribution in [2.75, 3.05) is 32.8 Å². The molecule has 5 rings (SSSR count). The summed E-state index contributed by atoms with van der Waals surface area (Å²) in [6, 6.07) is 22.0. The molecule has 7 nitrogen and oxygen atoms in total. The molecule has 4 aromatic rings. The van der Waals surface area contributed by atoms with Gasteiger partial charge in [0.25, 0.3) is 11.5 Å². The van der Waals surface area contributed by atoms with Crippen molar-refractivity contribution < 1.29 is 9.53 Å². The Labute approximate surface area is 227 Å². The highest BCUT2D eigenvalue weighted by Crippen LogP contribution is 2.28. The lowest BCUT2D eigenvalue weighted by molar-refractivity contribution is 0.0551. The molecule has 1 aromatic heterocycles. The number of hydrogen-bond donors (Lipinski definition) is 0. The lowest BCUT2D eigenvalue weighted by Gasteiger charge is -2.39. The zero-order chi connectivity index (χ0) is 26.6. The van der Waals surface area contributed by atoms with Crippen LogP contribution in [-0.2, 0) is 0 Å². The van der Waals surface area contributed by atoms with Gasteiger partial charge in [-0.25, -0.2) is 4.98 Å². The van der Waals surface area contributed by atoms with E-state index in [2.05, 4.69) is 11.8 Å². The molecule has 1 atom stereocenters. The van der Waals surface area contributed by atoms with E-state index >= 15 is 0 Å². The first-order valence-electron chi connectivity index (χ1n) is 13.0. The summed E-state index contributed by atoms with van der Waals surface area (Å²) in [5.41, 5.74) is 1.98. The van der Waals surface area contributed by atoms with E-state index in [0.717, 1.165) is 17.9 Å². The van der Waals surface area contributed by atoms with Crippen molar-refractivity contribution in [3.05, 3.63) is 99.6 Å². The predicted octanol–water partition coefficient (Wildman–Crippen LogP) is 5.35. The number of halogens is 1.